The summed E-state index contributed by atoms with van der Waals surface area (Å²) < 4.78 is 0. The fraction of sp³-hybridized carbons (Fsp3) is 0.600. The molecule has 0 fully saturated rings. The maximum absolute atomic E-state index is 11.5. The van der Waals surface area contributed by atoms with Crippen molar-refractivity contribution in [2.45, 2.75) is 33.2 Å². The Kier molecular flexibility index (Phi) is 3.32. The topological polar surface area (TPSA) is 128 Å². The molecule has 1 aromatic rings. The van der Waals surface area contributed by atoms with E-state index in [2.05, 4.69) is 15.5 Å². The first-order valence-electron chi connectivity index (χ1n) is 5.28. The van der Waals surface area contributed by atoms with Crippen molar-refractivity contribution in [3.05, 3.63) is 20.8 Å². The fourth-order valence-corrected chi connectivity index (χ4v) is 1.15. The third kappa shape index (κ3) is 2.41. The molecule has 0 bridgehead atoms. The first-order chi connectivity index (χ1) is 8.08. The summed E-state index contributed by atoms with van der Waals surface area (Å²) in [5.41, 5.74) is -3.51. The number of carbonyl (C=O) groups is 1. The van der Waals surface area contributed by atoms with Gasteiger partial charge in [0.1, 0.15) is 0 Å². The van der Waals surface area contributed by atoms with Crippen LogP contribution in [0.2, 0.25) is 0 Å². The van der Waals surface area contributed by atoms with Crippen LogP contribution in [0.5, 0.6) is 0 Å². The van der Waals surface area contributed by atoms with Gasteiger partial charge in [-0.3, -0.25) is 14.6 Å². The predicted molar refractivity (Wildman–Crippen MR) is 64.6 cm³/mol. The first-order valence-corrected chi connectivity index (χ1v) is 5.28. The molecule has 0 saturated carbocycles. The molecule has 1 heterocycles. The van der Waals surface area contributed by atoms with E-state index in [0.717, 1.165) is 0 Å². The zero-order valence-electron chi connectivity index (χ0n) is 10.6. The molecule has 100 valence electrons. The number of aromatic amines is 2. The highest BCUT2D eigenvalue weighted by atomic mass is 16.4. The Bertz CT molecular complexity index is 570. The lowest BCUT2D eigenvalue weighted by Crippen LogP contribution is -2.52. The van der Waals surface area contributed by atoms with Crippen LogP contribution >= 0.6 is 0 Å². The number of hydrogen-bond acceptors (Lipinski definition) is 5. The molecule has 0 aliphatic heterocycles. The average Bonchev–Trinajstić information content (AvgIpc) is 2.21. The van der Waals surface area contributed by atoms with Crippen molar-refractivity contribution in [1.82, 2.24) is 15.2 Å². The molecule has 0 aromatic carbocycles. The van der Waals surface area contributed by atoms with Crippen molar-refractivity contribution in [3.8, 4) is 0 Å². The molecule has 4 N–H and O–H groups in total. The van der Waals surface area contributed by atoms with Gasteiger partial charge in [-0.25, -0.2) is 9.89 Å². The Morgan fingerprint density at radius 3 is 2.28 bits per heavy atom. The molecule has 0 saturated heterocycles. The van der Waals surface area contributed by atoms with E-state index in [-0.39, 0.29) is 5.82 Å². The number of hydrogen-bond donors (Lipinski definition) is 4. The van der Waals surface area contributed by atoms with Gasteiger partial charge < -0.3 is 10.4 Å². The molecule has 0 spiro atoms. The Labute approximate surface area is 102 Å². The van der Waals surface area contributed by atoms with Gasteiger partial charge in [0.25, 0.3) is 5.56 Å². The van der Waals surface area contributed by atoms with E-state index in [4.69, 9.17) is 5.11 Å². The summed E-state index contributed by atoms with van der Waals surface area (Å²) in [6.45, 7) is 6.32. The van der Waals surface area contributed by atoms with Crippen molar-refractivity contribution < 1.29 is 9.90 Å². The van der Waals surface area contributed by atoms with Crippen LogP contribution in [-0.2, 0) is 4.79 Å². The lowest BCUT2D eigenvalue weighted by Gasteiger charge is -2.38. The van der Waals surface area contributed by atoms with Crippen LogP contribution in [0.15, 0.2) is 9.59 Å². The van der Waals surface area contributed by atoms with Gasteiger partial charge in [-0.2, -0.15) is 0 Å². The van der Waals surface area contributed by atoms with Crippen molar-refractivity contribution >= 4 is 11.8 Å². The minimum absolute atomic E-state index is 0.131. The van der Waals surface area contributed by atoms with Crippen LogP contribution in [-0.4, -0.2) is 31.8 Å². The third-order valence-corrected chi connectivity index (χ3v) is 3.24. The molecule has 0 aliphatic carbocycles. The summed E-state index contributed by atoms with van der Waals surface area (Å²) in [7, 11) is 0. The van der Waals surface area contributed by atoms with E-state index in [1.54, 1.807) is 13.8 Å². The Morgan fingerprint density at radius 2 is 1.83 bits per heavy atom. The van der Waals surface area contributed by atoms with E-state index in [0.29, 0.717) is 0 Å². The van der Waals surface area contributed by atoms with Crippen molar-refractivity contribution in [1.29, 1.82) is 0 Å². The lowest BCUT2D eigenvalue weighted by molar-refractivity contribution is -0.149. The second kappa shape index (κ2) is 4.28. The summed E-state index contributed by atoms with van der Waals surface area (Å²) in [6.07, 6.45) is 0. The van der Waals surface area contributed by atoms with Crippen LogP contribution in [0.25, 0.3) is 0 Å². The monoisotopic (exact) mass is 256 g/mol. The SMILES string of the molecule is CC(C)(Nc1n[nH]c(=O)[nH]c1=O)C(C)(C)C(=O)O. The normalized spacial score (nSPS) is 12.2. The second-order valence-corrected chi connectivity index (χ2v) is 5.04. The largest absolute Gasteiger partial charge is 0.481 e. The third-order valence-electron chi connectivity index (χ3n) is 3.24. The number of nitrogens with zero attached hydrogens (tertiary/aromatic N) is 1. The van der Waals surface area contributed by atoms with Crippen molar-refractivity contribution in [2.24, 2.45) is 5.41 Å². The second-order valence-electron chi connectivity index (χ2n) is 5.04. The highest BCUT2D eigenvalue weighted by Gasteiger charge is 2.44. The van der Waals surface area contributed by atoms with Gasteiger partial charge in [-0.1, -0.05) is 0 Å². The predicted octanol–water partition coefficient (Wildman–Crippen LogP) is -0.240. The van der Waals surface area contributed by atoms with Crippen molar-refractivity contribution in [3.63, 3.8) is 0 Å². The zero-order valence-corrected chi connectivity index (χ0v) is 10.6. The van der Waals surface area contributed by atoms with Crippen molar-refractivity contribution in [2.75, 3.05) is 5.32 Å². The number of aliphatic carboxylic acids is 1. The molecule has 8 nitrogen and oxygen atoms in total. The number of anilines is 1. The van der Waals surface area contributed by atoms with Crippen LogP contribution in [0.1, 0.15) is 27.7 Å². The van der Waals surface area contributed by atoms with Crippen LogP contribution in [0.3, 0.4) is 0 Å². The van der Waals surface area contributed by atoms with E-state index >= 15 is 0 Å². The van der Waals surface area contributed by atoms with E-state index < -0.39 is 28.2 Å². The number of rotatable bonds is 4. The average molecular weight is 256 g/mol. The molecule has 18 heavy (non-hydrogen) atoms. The summed E-state index contributed by atoms with van der Waals surface area (Å²) in [5.74, 6) is -1.14. The number of nitrogens with one attached hydrogen (secondary N) is 3. The summed E-state index contributed by atoms with van der Waals surface area (Å²) >= 11 is 0. The molecule has 8 heteroatoms. The molecular formula is C10H16N4O4. The summed E-state index contributed by atoms with van der Waals surface area (Å²) in [5, 5.41) is 17.5. The summed E-state index contributed by atoms with van der Waals surface area (Å²) in [6, 6.07) is 0. The van der Waals surface area contributed by atoms with Gasteiger partial charge in [0, 0.05) is 5.54 Å². The lowest BCUT2D eigenvalue weighted by atomic mass is 9.74. The number of H-pyrrole nitrogens is 2. The number of carboxylic acid groups (broad SMARTS) is 1. The van der Waals surface area contributed by atoms with Crippen LogP contribution in [0, 0.1) is 5.41 Å². The maximum Gasteiger partial charge on any atom is 0.342 e. The number of aromatic nitrogens is 3. The molecule has 0 amide bonds. The van der Waals surface area contributed by atoms with Gasteiger partial charge >= 0.3 is 11.7 Å². The minimum Gasteiger partial charge on any atom is -0.481 e. The summed E-state index contributed by atoms with van der Waals surface area (Å²) in [4.78, 5) is 35.5. The zero-order chi connectivity index (χ0) is 14.1. The van der Waals surface area contributed by atoms with Gasteiger partial charge in [0.15, 0.2) is 0 Å². The Hall–Kier alpha value is -2.12. The highest BCUT2D eigenvalue weighted by Crippen LogP contribution is 2.32. The van der Waals surface area contributed by atoms with Crippen LogP contribution in [0.4, 0.5) is 5.82 Å². The van der Waals surface area contributed by atoms with Crippen LogP contribution < -0.4 is 16.6 Å². The molecular weight excluding hydrogens is 240 g/mol. The van der Waals surface area contributed by atoms with Gasteiger partial charge in [-0.05, 0) is 27.7 Å². The number of carboxylic acids is 1. The molecule has 0 atom stereocenters. The Morgan fingerprint density at radius 1 is 1.28 bits per heavy atom. The van der Waals surface area contributed by atoms with Gasteiger partial charge in [0.05, 0.1) is 5.41 Å². The first kappa shape index (κ1) is 13.9. The van der Waals surface area contributed by atoms with Gasteiger partial charge in [0.2, 0.25) is 5.82 Å². The fourth-order valence-electron chi connectivity index (χ4n) is 1.15. The quantitative estimate of drug-likeness (QED) is 0.588. The molecule has 0 aliphatic rings. The van der Waals surface area contributed by atoms with E-state index in [1.807, 2.05) is 4.98 Å². The highest BCUT2D eigenvalue weighted by molar-refractivity contribution is 5.76. The van der Waals surface area contributed by atoms with Gasteiger partial charge in [-0.15, -0.1) is 5.10 Å². The molecule has 0 unspecified atom stereocenters. The molecule has 1 aromatic heterocycles. The van der Waals surface area contributed by atoms with E-state index in [9.17, 15) is 14.4 Å². The maximum atomic E-state index is 11.5. The molecule has 0 radical (unpaired) electrons. The minimum atomic E-state index is -1.14. The standard InChI is InChI=1S/C10H16N4O4/c1-9(2,7(16)17)10(3,4)12-5-6(15)11-8(18)14-13-5/h1-4H3,(H,12,13)(H,16,17)(H2,11,14,15,18). The smallest absolute Gasteiger partial charge is 0.342 e. The molecule has 1 rings (SSSR count). The Balaban J connectivity index is 3.13. The van der Waals surface area contributed by atoms with E-state index in [1.165, 1.54) is 13.8 Å².